The molecule has 2 unspecified atom stereocenters. The van der Waals surface area contributed by atoms with Gasteiger partial charge in [0.1, 0.15) is 0 Å². The molecule has 2 atom stereocenters. The summed E-state index contributed by atoms with van der Waals surface area (Å²) >= 11 is 0. The predicted molar refractivity (Wildman–Crippen MR) is 109 cm³/mol. The fourth-order valence-corrected chi connectivity index (χ4v) is 5.00. The standard InChI is InChI=1S/C23H45N/c1-4-7-8-9-10-11-12-13-15-18-22(24)23(21(5-2)6-3)19-16-14-17-20-23/h5,21-22H,2,4,6-20,24H2,1,3H3. The third-order valence-electron chi connectivity index (χ3n) is 6.60. The SMILES string of the molecule is C=CC(CC)C1(C(N)CCCCCCCCCCC)CCCCC1. The van der Waals surface area contributed by atoms with Crippen LogP contribution in [0, 0.1) is 11.3 Å². The molecule has 0 spiro atoms. The minimum atomic E-state index is 0.356. The van der Waals surface area contributed by atoms with E-state index in [1.165, 1.54) is 103 Å². The molecule has 142 valence electrons. The fraction of sp³-hybridized carbons (Fsp3) is 0.913. The molecule has 2 N–H and O–H groups in total. The molecular formula is C23H45N. The Morgan fingerprint density at radius 2 is 1.42 bits per heavy atom. The maximum Gasteiger partial charge on any atom is 0.0101 e. The summed E-state index contributed by atoms with van der Waals surface area (Å²) in [6.45, 7) is 8.73. The van der Waals surface area contributed by atoms with Gasteiger partial charge in [-0.1, -0.05) is 97.0 Å². The zero-order valence-corrected chi connectivity index (χ0v) is 16.8. The van der Waals surface area contributed by atoms with Gasteiger partial charge in [-0.3, -0.25) is 0 Å². The summed E-state index contributed by atoms with van der Waals surface area (Å²) in [7, 11) is 0. The van der Waals surface area contributed by atoms with E-state index in [0.717, 1.165) is 0 Å². The normalized spacial score (nSPS) is 19.8. The van der Waals surface area contributed by atoms with Crippen molar-refractivity contribution in [2.24, 2.45) is 17.1 Å². The lowest BCUT2D eigenvalue weighted by Gasteiger charge is -2.47. The molecule has 0 aromatic heterocycles. The van der Waals surface area contributed by atoms with Crippen molar-refractivity contribution in [1.29, 1.82) is 0 Å². The Bertz CT molecular complexity index is 303. The van der Waals surface area contributed by atoms with Gasteiger partial charge in [-0.15, -0.1) is 6.58 Å². The first-order chi connectivity index (χ1) is 11.7. The Hall–Kier alpha value is -0.300. The van der Waals surface area contributed by atoms with Gasteiger partial charge in [-0.25, -0.2) is 0 Å². The molecule has 0 heterocycles. The summed E-state index contributed by atoms with van der Waals surface area (Å²) in [6.07, 6.45) is 24.0. The van der Waals surface area contributed by atoms with E-state index in [0.29, 0.717) is 17.4 Å². The van der Waals surface area contributed by atoms with Crippen LogP contribution in [0.4, 0.5) is 0 Å². The van der Waals surface area contributed by atoms with E-state index < -0.39 is 0 Å². The van der Waals surface area contributed by atoms with Crippen molar-refractivity contribution in [2.75, 3.05) is 0 Å². The molecule has 1 aliphatic rings. The van der Waals surface area contributed by atoms with Crippen LogP contribution in [0.25, 0.3) is 0 Å². The second-order valence-electron chi connectivity index (χ2n) is 8.27. The van der Waals surface area contributed by atoms with Crippen LogP contribution in [0.3, 0.4) is 0 Å². The largest absolute Gasteiger partial charge is 0.327 e. The summed E-state index contributed by atoms with van der Waals surface area (Å²) in [5.41, 5.74) is 7.14. The minimum Gasteiger partial charge on any atom is -0.327 e. The van der Waals surface area contributed by atoms with E-state index >= 15 is 0 Å². The van der Waals surface area contributed by atoms with E-state index in [1.54, 1.807) is 0 Å². The van der Waals surface area contributed by atoms with E-state index in [-0.39, 0.29) is 0 Å². The first-order valence-corrected chi connectivity index (χ1v) is 11.1. The summed E-state index contributed by atoms with van der Waals surface area (Å²) in [5, 5.41) is 0. The fourth-order valence-electron chi connectivity index (χ4n) is 5.00. The van der Waals surface area contributed by atoms with E-state index in [2.05, 4.69) is 26.5 Å². The molecule has 1 heteroatoms. The van der Waals surface area contributed by atoms with Crippen LogP contribution in [0.2, 0.25) is 0 Å². The van der Waals surface area contributed by atoms with Gasteiger partial charge in [-0.2, -0.15) is 0 Å². The van der Waals surface area contributed by atoms with Crippen LogP contribution in [-0.4, -0.2) is 6.04 Å². The zero-order valence-electron chi connectivity index (χ0n) is 16.8. The quantitative estimate of drug-likeness (QED) is 0.260. The second kappa shape index (κ2) is 13.0. The van der Waals surface area contributed by atoms with Crippen molar-refractivity contribution in [3.63, 3.8) is 0 Å². The minimum absolute atomic E-state index is 0.356. The van der Waals surface area contributed by atoms with Crippen LogP contribution < -0.4 is 5.73 Å². The van der Waals surface area contributed by atoms with Gasteiger partial charge in [0.05, 0.1) is 0 Å². The van der Waals surface area contributed by atoms with Gasteiger partial charge in [0, 0.05) is 6.04 Å². The highest BCUT2D eigenvalue weighted by Crippen LogP contribution is 2.47. The Morgan fingerprint density at radius 3 is 1.92 bits per heavy atom. The van der Waals surface area contributed by atoms with Gasteiger partial charge >= 0.3 is 0 Å². The van der Waals surface area contributed by atoms with Crippen molar-refractivity contribution >= 4 is 0 Å². The molecule has 0 aromatic carbocycles. The zero-order chi connectivity index (χ0) is 17.7. The molecule has 1 fully saturated rings. The van der Waals surface area contributed by atoms with Crippen molar-refractivity contribution in [1.82, 2.24) is 0 Å². The summed E-state index contributed by atoms with van der Waals surface area (Å²) in [5.74, 6) is 0.617. The third-order valence-corrected chi connectivity index (χ3v) is 6.60. The van der Waals surface area contributed by atoms with Crippen molar-refractivity contribution in [3.8, 4) is 0 Å². The average Bonchev–Trinajstić information content (AvgIpc) is 2.62. The number of unbranched alkanes of at least 4 members (excludes halogenated alkanes) is 8. The van der Waals surface area contributed by atoms with Gasteiger partial charge in [-0.05, 0) is 37.0 Å². The molecule has 1 rings (SSSR count). The molecule has 0 radical (unpaired) electrons. The molecule has 0 saturated heterocycles. The highest BCUT2D eigenvalue weighted by atomic mass is 14.7. The molecular weight excluding hydrogens is 290 g/mol. The molecule has 1 aliphatic carbocycles. The molecule has 0 aromatic rings. The van der Waals surface area contributed by atoms with Crippen LogP contribution in [0.5, 0.6) is 0 Å². The van der Waals surface area contributed by atoms with E-state index in [9.17, 15) is 0 Å². The maximum atomic E-state index is 6.78. The predicted octanol–water partition coefficient (Wildman–Crippen LogP) is 7.40. The number of rotatable bonds is 14. The Labute approximate surface area is 152 Å². The van der Waals surface area contributed by atoms with Crippen LogP contribution in [-0.2, 0) is 0 Å². The van der Waals surface area contributed by atoms with Crippen molar-refractivity contribution < 1.29 is 0 Å². The van der Waals surface area contributed by atoms with Crippen LogP contribution in [0.1, 0.15) is 117 Å². The number of nitrogens with two attached hydrogens (primary N) is 1. The summed E-state index contributed by atoms with van der Waals surface area (Å²) < 4.78 is 0. The van der Waals surface area contributed by atoms with Crippen molar-refractivity contribution in [3.05, 3.63) is 12.7 Å². The monoisotopic (exact) mass is 335 g/mol. The third kappa shape index (κ3) is 6.90. The Morgan fingerprint density at radius 1 is 0.875 bits per heavy atom. The maximum absolute atomic E-state index is 6.78. The van der Waals surface area contributed by atoms with Crippen molar-refractivity contribution in [2.45, 2.75) is 123 Å². The molecule has 0 aliphatic heterocycles. The Balaban J connectivity index is 2.28. The summed E-state index contributed by atoms with van der Waals surface area (Å²) in [6, 6.07) is 0.380. The first-order valence-electron chi connectivity index (χ1n) is 11.1. The summed E-state index contributed by atoms with van der Waals surface area (Å²) in [4.78, 5) is 0. The van der Waals surface area contributed by atoms with Gasteiger partial charge < -0.3 is 5.73 Å². The van der Waals surface area contributed by atoms with Crippen LogP contribution >= 0.6 is 0 Å². The van der Waals surface area contributed by atoms with Gasteiger partial charge in [0.2, 0.25) is 0 Å². The average molecular weight is 336 g/mol. The smallest absolute Gasteiger partial charge is 0.0101 e. The van der Waals surface area contributed by atoms with E-state index in [1.807, 2.05) is 0 Å². The topological polar surface area (TPSA) is 26.0 Å². The number of hydrogen-bond acceptors (Lipinski definition) is 1. The highest BCUT2D eigenvalue weighted by molar-refractivity contribution is 5.01. The lowest BCUT2D eigenvalue weighted by molar-refractivity contribution is 0.0798. The number of allylic oxidation sites excluding steroid dienone is 1. The molecule has 0 bridgehead atoms. The molecule has 0 amide bonds. The molecule has 1 nitrogen and oxygen atoms in total. The van der Waals surface area contributed by atoms with Gasteiger partial charge in [0.15, 0.2) is 0 Å². The Kier molecular flexibility index (Phi) is 11.8. The first kappa shape index (κ1) is 21.7. The second-order valence-corrected chi connectivity index (χ2v) is 8.27. The lowest BCUT2D eigenvalue weighted by Crippen LogP contribution is -2.47. The highest BCUT2D eigenvalue weighted by Gasteiger charge is 2.41. The van der Waals surface area contributed by atoms with E-state index in [4.69, 9.17) is 5.73 Å². The lowest BCUT2D eigenvalue weighted by atomic mass is 9.60. The molecule has 1 saturated carbocycles. The van der Waals surface area contributed by atoms with Crippen LogP contribution in [0.15, 0.2) is 12.7 Å². The number of hydrogen-bond donors (Lipinski definition) is 1. The molecule has 24 heavy (non-hydrogen) atoms. The van der Waals surface area contributed by atoms with Gasteiger partial charge in [0.25, 0.3) is 0 Å².